The van der Waals surface area contributed by atoms with Crippen LogP contribution in [-0.4, -0.2) is 46.8 Å². The fourth-order valence-electron chi connectivity index (χ4n) is 2.01. The van der Waals surface area contributed by atoms with E-state index in [1.807, 2.05) is 20.9 Å². The van der Waals surface area contributed by atoms with E-state index in [1.165, 1.54) is 0 Å². The van der Waals surface area contributed by atoms with Crippen molar-refractivity contribution in [2.75, 3.05) is 20.2 Å². The van der Waals surface area contributed by atoms with Gasteiger partial charge in [0.1, 0.15) is 5.69 Å². The summed E-state index contributed by atoms with van der Waals surface area (Å²) in [7, 11) is 3.64. The Morgan fingerprint density at radius 2 is 2.05 bits per heavy atom. The maximum absolute atomic E-state index is 12.1. The lowest BCUT2D eigenvalue weighted by atomic mass is 10.0. The van der Waals surface area contributed by atoms with Gasteiger partial charge in [0.05, 0.1) is 5.69 Å². The molecule has 0 aromatic carbocycles. The summed E-state index contributed by atoms with van der Waals surface area (Å²) >= 11 is 0. The van der Waals surface area contributed by atoms with Crippen LogP contribution >= 0.6 is 0 Å². The van der Waals surface area contributed by atoms with Gasteiger partial charge in [-0.15, -0.1) is 0 Å². The average Bonchev–Trinajstić information content (AvgIpc) is 2.66. The van der Waals surface area contributed by atoms with Crippen molar-refractivity contribution in [1.29, 1.82) is 0 Å². The summed E-state index contributed by atoms with van der Waals surface area (Å²) < 4.78 is 7.37. The highest BCUT2D eigenvalue weighted by Crippen LogP contribution is 2.21. The number of rotatable bonds is 7. The minimum Gasteiger partial charge on any atom is -0.480 e. The summed E-state index contributed by atoms with van der Waals surface area (Å²) in [5.74, 6) is 1.07. The zero-order valence-corrected chi connectivity index (χ0v) is 14.0. The zero-order chi connectivity index (χ0) is 16.2. The molecule has 6 heteroatoms. The molecule has 1 aromatic rings. The second-order valence-corrected chi connectivity index (χ2v) is 5.92. The molecule has 0 spiro atoms. The van der Waals surface area contributed by atoms with Crippen molar-refractivity contribution in [3.05, 3.63) is 11.4 Å². The molecule has 1 aromatic heterocycles. The molecule has 1 atom stereocenters. The van der Waals surface area contributed by atoms with Crippen molar-refractivity contribution in [2.45, 2.75) is 40.2 Å². The highest BCUT2D eigenvalue weighted by molar-refractivity contribution is 5.77. The molecule has 2 N–H and O–H groups in total. The summed E-state index contributed by atoms with van der Waals surface area (Å²) in [6.07, 6.45) is 0.796. The van der Waals surface area contributed by atoms with E-state index in [9.17, 15) is 4.79 Å². The summed E-state index contributed by atoms with van der Waals surface area (Å²) in [6, 6.07) is 0.115. The quantitative estimate of drug-likeness (QED) is 0.822. The molecule has 0 bridgehead atoms. The fraction of sp³-hybridized carbons (Fsp3) is 0.733. The van der Waals surface area contributed by atoms with Crippen molar-refractivity contribution in [3.8, 4) is 5.75 Å². The number of hydrogen-bond acceptors (Lipinski definition) is 4. The monoisotopic (exact) mass is 296 g/mol. The average molecular weight is 296 g/mol. The van der Waals surface area contributed by atoms with Crippen LogP contribution in [0.25, 0.3) is 0 Å². The topological polar surface area (TPSA) is 73.4 Å². The van der Waals surface area contributed by atoms with Crippen molar-refractivity contribution in [3.63, 3.8) is 0 Å². The molecule has 0 aliphatic rings. The van der Waals surface area contributed by atoms with Crippen molar-refractivity contribution in [1.82, 2.24) is 14.7 Å². The number of carbonyl (C=O) groups is 1. The third kappa shape index (κ3) is 4.74. The van der Waals surface area contributed by atoms with E-state index in [4.69, 9.17) is 10.5 Å². The molecule has 6 nitrogen and oxygen atoms in total. The lowest BCUT2D eigenvalue weighted by Gasteiger charge is -2.21. The molecule has 120 valence electrons. The first kappa shape index (κ1) is 17.5. The van der Waals surface area contributed by atoms with Gasteiger partial charge < -0.3 is 15.4 Å². The fourth-order valence-corrected chi connectivity index (χ4v) is 2.01. The van der Waals surface area contributed by atoms with E-state index in [2.05, 4.69) is 18.9 Å². The van der Waals surface area contributed by atoms with Gasteiger partial charge in [-0.3, -0.25) is 9.48 Å². The van der Waals surface area contributed by atoms with Crippen LogP contribution in [0.1, 0.15) is 31.7 Å². The van der Waals surface area contributed by atoms with Crippen LogP contribution in [0.4, 0.5) is 0 Å². The number of aryl methyl sites for hydroxylation is 2. The summed E-state index contributed by atoms with van der Waals surface area (Å²) in [5.41, 5.74) is 7.71. The van der Waals surface area contributed by atoms with E-state index >= 15 is 0 Å². The van der Waals surface area contributed by atoms with Crippen LogP contribution in [-0.2, 0) is 11.8 Å². The lowest BCUT2D eigenvalue weighted by Crippen LogP contribution is -2.36. The van der Waals surface area contributed by atoms with Gasteiger partial charge >= 0.3 is 0 Å². The third-order valence-electron chi connectivity index (χ3n) is 3.86. The van der Waals surface area contributed by atoms with Crippen LogP contribution in [0.3, 0.4) is 0 Å². The molecule has 0 saturated heterocycles. The Labute approximate surface area is 127 Å². The molecule has 1 rings (SSSR count). The van der Waals surface area contributed by atoms with Gasteiger partial charge in [0, 0.05) is 26.7 Å². The molecule has 0 saturated carbocycles. The molecule has 1 amide bonds. The number of nitrogens with zero attached hydrogens (tertiary/aromatic N) is 3. The van der Waals surface area contributed by atoms with E-state index in [1.54, 1.807) is 16.6 Å². The molecule has 0 aliphatic carbocycles. The van der Waals surface area contributed by atoms with Crippen LogP contribution in [0, 0.1) is 19.8 Å². The second-order valence-electron chi connectivity index (χ2n) is 5.92. The molecule has 0 fully saturated rings. The predicted octanol–water partition coefficient (Wildman–Crippen LogP) is 1.25. The van der Waals surface area contributed by atoms with Crippen LogP contribution in [0.15, 0.2) is 0 Å². The number of carbonyl (C=O) groups excluding carboxylic acids is 1. The van der Waals surface area contributed by atoms with Crippen molar-refractivity contribution >= 4 is 5.91 Å². The Balaban J connectivity index is 2.46. The Morgan fingerprint density at radius 1 is 1.43 bits per heavy atom. The van der Waals surface area contributed by atoms with Gasteiger partial charge in [0.15, 0.2) is 12.4 Å². The SMILES string of the molecule is Cc1nn(C)c(C)c1OCC(=O)N(C)CCC(N)C(C)C. The standard InChI is InChI=1S/C15H28N4O2/c1-10(2)13(16)7-8-18(5)14(20)9-21-15-11(3)17-19(6)12(15)4/h10,13H,7-9,16H2,1-6H3. The zero-order valence-electron chi connectivity index (χ0n) is 14.0. The number of likely N-dealkylation sites (N-methyl/N-ethyl adjacent to an activating group) is 1. The normalized spacial score (nSPS) is 12.6. The number of aromatic nitrogens is 2. The highest BCUT2D eigenvalue weighted by atomic mass is 16.5. The van der Waals surface area contributed by atoms with Gasteiger partial charge in [-0.05, 0) is 26.2 Å². The first-order chi connectivity index (χ1) is 9.73. The molecule has 21 heavy (non-hydrogen) atoms. The van der Waals surface area contributed by atoms with Crippen molar-refractivity contribution in [2.24, 2.45) is 18.7 Å². The van der Waals surface area contributed by atoms with Gasteiger partial charge in [0.25, 0.3) is 5.91 Å². The number of amides is 1. The Kier molecular flexibility index (Phi) is 6.20. The maximum Gasteiger partial charge on any atom is 0.260 e. The molecule has 1 heterocycles. The van der Waals surface area contributed by atoms with Gasteiger partial charge in [0.2, 0.25) is 0 Å². The Bertz CT molecular complexity index is 482. The maximum atomic E-state index is 12.1. The number of ether oxygens (including phenoxy) is 1. The van der Waals surface area contributed by atoms with Crippen molar-refractivity contribution < 1.29 is 9.53 Å². The van der Waals surface area contributed by atoms with Crippen LogP contribution in [0.2, 0.25) is 0 Å². The van der Waals surface area contributed by atoms with E-state index in [0.717, 1.165) is 17.8 Å². The van der Waals surface area contributed by atoms with Gasteiger partial charge in [-0.25, -0.2) is 0 Å². The Hall–Kier alpha value is -1.56. The van der Waals surface area contributed by atoms with Crippen LogP contribution in [0.5, 0.6) is 5.75 Å². The summed E-state index contributed by atoms with van der Waals surface area (Å²) in [4.78, 5) is 13.7. The largest absolute Gasteiger partial charge is 0.480 e. The van der Waals surface area contributed by atoms with Gasteiger partial charge in [-0.2, -0.15) is 5.10 Å². The number of nitrogens with two attached hydrogens (primary N) is 1. The number of hydrogen-bond donors (Lipinski definition) is 1. The highest BCUT2D eigenvalue weighted by Gasteiger charge is 2.16. The Morgan fingerprint density at radius 3 is 2.52 bits per heavy atom. The molecular weight excluding hydrogens is 268 g/mol. The minimum absolute atomic E-state index is 0.0286. The van der Waals surface area contributed by atoms with E-state index < -0.39 is 0 Å². The van der Waals surface area contributed by atoms with E-state index in [0.29, 0.717) is 18.2 Å². The second kappa shape index (κ2) is 7.45. The molecule has 1 unspecified atom stereocenters. The van der Waals surface area contributed by atoms with Gasteiger partial charge in [-0.1, -0.05) is 13.8 Å². The first-order valence-electron chi connectivity index (χ1n) is 7.36. The molecule has 0 aliphatic heterocycles. The smallest absolute Gasteiger partial charge is 0.260 e. The lowest BCUT2D eigenvalue weighted by molar-refractivity contribution is -0.132. The van der Waals surface area contributed by atoms with E-state index in [-0.39, 0.29) is 18.6 Å². The first-order valence-corrected chi connectivity index (χ1v) is 7.36. The molecular formula is C15H28N4O2. The predicted molar refractivity (Wildman–Crippen MR) is 83.2 cm³/mol. The summed E-state index contributed by atoms with van der Waals surface area (Å²) in [6.45, 7) is 8.64. The third-order valence-corrected chi connectivity index (χ3v) is 3.86. The van der Waals surface area contributed by atoms with Crippen LogP contribution < -0.4 is 10.5 Å². The molecule has 0 radical (unpaired) electrons. The summed E-state index contributed by atoms with van der Waals surface area (Å²) in [5, 5.41) is 4.26. The minimum atomic E-state index is -0.0476.